The Morgan fingerprint density at radius 1 is 1.56 bits per heavy atom. The van der Waals surface area contributed by atoms with E-state index in [4.69, 9.17) is 15.2 Å². The molecule has 0 unspecified atom stereocenters. The molecule has 1 aliphatic rings. The fourth-order valence-electron chi connectivity index (χ4n) is 2.67. The SMILES string of the molecule is C[C@]1(CCCB(O)O)[C@@H](C(=O)O)NC[C@@H]1C(F)F. The zero-order valence-corrected chi connectivity index (χ0v) is 10.1. The lowest BCUT2D eigenvalue weighted by molar-refractivity contribution is -0.143. The average molecular weight is 265 g/mol. The fraction of sp³-hybridized carbons (Fsp3) is 0.900. The van der Waals surface area contributed by atoms with Crippen LogP contribution in [0.15, 0.2) is 0 Å². The monoisotopic (exact) mass is 265 g/mol. The molecule has 5 nitrogen and oxygen atoms in total. The maximum atomic E-state index is 12.9. The van der Waals surface area contributed by atoms with Crippen molar-refractivity contribution in [1.29, 1.82) is 0 Å². The molecule has 8 heteroatoms. The summed E-state index contributed by atoms with van der Waals surface area (Å²) in [7, 11) is -1.49. The molecule has 0 aromatic rings. The van der Waals surface area contributed by atoms with Gasteiger partial charge in [0.15, 0.2) is 0 Å². The number of aliphatic carboxylic acids is 1. The second-order valence-electron chi connectivity index (χ2n) is 5.00. The maximum Gasteiger partial charge on any atom is 0.451 e. The van der Waals surface area contributed by atoms with Gasteiger partial charge < -0.3 is 20.5 Å². The highest BCUT2D eigenvalue weighted by Crippen LogP contribution is 2.44. The summed E-state index contributed by atoms with van der Waals surface area (Å²) < 4.78 is 25.9. The summed E-state index contributed by atoms with van der Waals surface area (Å²) in [5, 5.41) is 29.1. The van der Waals surface area contributed by atoms with Gasteiger partial charge in [0.2, 0.25) is 6.43 Å². The second kappa shape index (κ2) is 5.94. The summed E-state index contributed by atoms with van der Waals surface area (Å²) >= 11 is 0. The number of halogens is 2. The molecule has 0 saturated carbocycles. The minimum atomic E-state index is -2.59. The maximum absolute atomic E-state index is 12.9. The Morgan fingerprint density at radius 3 is 2.61 bits per heavy atom. The largest absolute Gasteiger partial charge is 0.480 e. The van der Waals surface area contributed by atoms with Gasteiger partial charge in [0.25, 0.3) is 0 Å². The molecule has 0 aromatic carbocycles. The number of hydrogen-bond acceptors (Lipinski definition) is 4. The first-order valence-electron chi connectivity index (χ1n) is 5.89. The molecule has 0 spiro atoms. The van der Waals surface area contributed by atoms with Crippen LogP contribution in [-0.2, 0) is 4.79 Å². The average Bonchev–Trinajstić information content (AvgIpc) is 2.55. The Bertz CT molecular complexity index is 306. The van der Waals surface area contributed by atoms with E-state index in [1.54, 1.807) is 0 Å². The normalized spacial score (nSPS) is 31.9. The number of rotatable bonds is 6. The van der Waals surface area contributed by atoms with Crippen LogP contribution in [0.4, 0.5) is 8.78 Å². The van der Waals surface area contributed by atoms with Gasteiger partial charge >= 0.3 is 13.1 Å². The lowest BCUT2D eigenvalue weighted by Crippen LogP contribution is -2.44. The highest BCUT2D eigenvalue weighted by Gasteiger charge is 2.53. The molecular weight excluding hydrogens is 247 g/mol. The van der Waals surface area contributed by atoms with Gasteiger partial charge in [-0.1, -0.05) is 13.3 Å². The van der Waals surface area contributed by atoms with Crippen molar-refractivity contribution in [3.05, 3.63) is 0 Å². The molecule has 4 N–H and O–H groups in total. The van der Waals surface area contributed by atoms with Crippen LogP contribution in [0.25, 0.3) is 0 Å². The van der Waals surface area contributed by atoms with Gasteiger partial charge in [0, 0.05) is 17.9 Å². The van der Waals surface area contributed by atoms with Gasteiger partial charge in [0.05, 0.1) is 0 Å². The van der Waals surface area contributed by atoms with Crippen molar-refractivity contribution in [3.63, 3.8) is 0 Å². The minimum absolute atomic E-state index is 0.0349. The number of carbonyl (C=O) groups is 1. The standard InChI is InChI=1S/C10H18BF2NO4/c1-10(3-2-4-11(17)18)6(8(12)13)5-14-7(10)9(15)16/h6-8,14,17-18H,2-5H2,1H3,(H,15,16)/t6-,7-,10-/m1/s1. The van der Waals surface area contributed by atoms with Crippen LogP contribution < -0.4 is 5.32 Å². The quantitative estimate of drug-likeness (QED) is 0.514. The molecule has 1 saturated heterocycles. The van der Waals surface area contributed by atoms with Crippen molar-refractivity contribution in [1.82, 2.24) is 5.32 Å². The Hall–Kier alpha value is -0.725. The summed E-state index contributed by atoms with van der Waals surface area (Å²) in [5.74, 6) is -2.18. The molecule has 3 atom stereocenters. The number of alkyl halides is 2. The van der Waals surface area contributed by atoms with Crippen LogP contribution >= 0.6 is 0 Å². The van der Waals surface area contributed by atoms with Crippen molar-refractivity contribution < 1.29 is 28.7 Å². The Kier molecular flexibility index (Phi) is 5.06. The van der Waals surface area contributed by atoms with Crippen LogP contribution in [0.3, 0.4) is 0 Å². The number of nitrogens with one attached hydrogen (secondary N) is 1. The van der Waals surface area contributed by atoms with Crippen LogP contribution in [0, 0.1) is 11.3 Å². The van der Waals surface area contributed by atoms with E-state index in [1.165, 1.54) is 6.92 Å². The summed E-state index contributed by atoms with van der Waals surface area (Å²) in [6.07, 6.45) is -2.03. The summed E-state index contributed by atoms with van der Waals surface area (Å²) in [4.78, 5) is 11.1. The predicted octanol–water partition coefficient (Wildman–Crippen LogP) is 0.183. The summed E-state index contributed by atoms with van der Waals surface area (Å²) in [6.45, 7) is 1.49. The van der Waals surface area contributed by atoms with Gasteiger partial charge in [-0.2, -0.15) is 0 Å². The number of carboxylic acids is 1. The van der Waals surface area contributed by atoms with Crippen molar-refractivity contribution in [3.8, 4) is 0 Å². The molecule has 1 aliphatic heterocycles. The lowest BCUT2D eigenvalue weighted by atomic mass is 9.69. The minimum Gasteiger partial charge on any atom is -0.480 e. The lowest BCUT2D eigenvalue weighted by Gasteiger charge is -2.33. The molecule has 104 valence electrons. The molecule has 0 aliphatic carbocycles. The van der Waals surface area contributed by atoms with E-state index in [0.29, 0.717) is 6.42 Å². The summed E-state index contributed by atoms with van der Waals surface area (Å²) in [6, 6.07) is -1.02. The molecule has 0 bridgehead atoms. The third-order valence-electron chi connectivity index (χ3n) is 3.78. The van der Waals surface area contributed by atoms with E-state index >= 15 is 0 Å². The molecular formula is C10H18BF2NO4. The smallest absolute Gasteiger partial charge is 0.451 e. The van der Waals surface area contributed by atoms with Crippen LogP contribution in [0.1, 0.15) is 19.8 Å². The first kappa shape index (κ1) is 15.3. The van der Waals surface area contributed by atoms with Gasteiger partial charge in [0.1, 0.15) is 6.04 Å². The van der Waals surface area contributed by atoms with Gasteiger partial charge in [-0.25, -0.2) is 8.78 Å². The fourth-order valence-corrected chi connectivity index (χ4v) is 2.67. The topological polar surface area (TPSA) is 89.8 Å². The first-order chi connectivity index (χ1) is 8.29. The highest BCUT2D eigenvalue weighted by atomic mass is 19.3. The Balaban J connectivity index is 2.76. The van der Waals surface area contributed by atoms with Crippen LogP contribution in [-0.4, -0.2) is 47.3 Å². The molecule has 0 amide bonds. The van der Waals surface area contributed by atoms with Crippen molar-refractivity contribution in [2.24, 2.45) is 11.3 Å². The molecule has 0 radical (unpaired) electrons. The summed E-state index contributed by atoms with van der Waals surface area (Å²) in [5.41, 5.74) is -1.07. The van der Waals surface area contributed by atoms with E-state index in [-0.39, 0.29) is 19.3 Å². The van der Waals surface area contributed by atoms with Crippen LogP contribution in [0.2, 0.25) is 6.32 Å². The molecule has 18 heavy (non-hydrogen) atoms. The third kappa shape index (κ3) is 3.18. The van der Waals surface area contributed by atoms with E-state index in [1.807, 2.05) is 0 Å². The van der Waals surface area contributed by atoms with Gasteiger partial charge in [-0.3, -0.25) is 4.79 Å². The van der Waals surface area contributed by atoms with E-state index in [9.17, 15) is 13.6 Å². The van der Waals surface area contributed by atoms with Gasteiger partial charge in [-0.05, 0) is 12.7 Å². The molecule has 1 heterocycles. The Labute approximate surface area is 104 Å². The number of hydrogen-bond donors (Lipinski definition) is 4. The number of carboxylic acid groups (broad SMARTS) is 1. The van der Waals surface area contributed by atoms with Crippen molar-refractivity contribution in [2.45, 2.75) is 38.6 Å². The van der Waals surface area contributed by atoms with Crippen LogP contribution in [0.5, 0.6) is 0 Å². The van der Waals surface area contributed by atoms with E-state index in [0.717, 1.165) is 0 Å². The predicted molar refractivity (Wildman–Crippen MR) is 61.3 cm³/mol. The van der Waals surface area contributed by atoms with E-state index in [2.05, 4.69) is 5.32 Å². The molecule has 1 fully saturated rings. The van der Waals surface area contributed by atoms with E-state index < -0.39 is 36.9 Å². The highest BCUT2D eigenvalue weighted by molar-refractivity contribution is 6.40. The first-order valence-corrected chi connectivity index (χ1v) is 5.89. The van der Waals surface area contributed by atoms with Gasteiger partial charge in [-0.15, -0.1) is 0 Å². The molecule has 1 rings (SSSR count). The third-order valence-corrected chi connectivity index (χ3v) is 3.78. The second-order valence-corrected chi connectivity index (χ2v) is 5.00. The van der Waals surface area contributed by atoms with Crippen molar-refractivity contribution in [2.75, 3.05) is 6.54 Å². The zero-order chi connectivity index (χ0) is 13.9. The molecule has 0 aromatic heterocycles. The Morgan fingerprint density at radius 2 is 2.17 bits per heavy atom. The zero-order valence-electron chi connectivity index (χ0n) is 10.1. The van der Waals surface area contributed by atoms with Crippen molar-refractivity contribution >= 4 is 13.1 Å².